The fraction of sp³-hybridized carbons (Fsp3) is 0.346. The van der Waals surface area contributed by atoms with E-state index in [1.54, 1.807) is 0 Å². The molecule has 0 saturated carbocycles. The highest BCUT2D eigenvalue weighted by atomic mass is 15.1. The van der Waals surface area contributed by atoms with E-state index in [4.69, 9.17) is 0 Å². The van der Waals surface area contributed by atoms with Gasteiger partial charge in [-0.3, -0.25) is 4.98 Å². The molecule has 0 unspecified atom stereocenters. The minimum absolute atomic E-state index is 0.149. The Bertz CT molecular complexity index is 799. The predicted molar refractivity (Wildman–Crippen MR) is 120 cm³/mol. The molecule has 1 aliphatic heterocycles. The first-order valence-electron chi connectivity index (χ1n) is 10.8. The van der Waals surface area contributed by atoms with Gasteiger partial charge in [-0.1, -0.05) is 66.7 Å². The van der Waals surface area contributed by atoms with Crippen molar-refractivity contribution in [3.63, 3.8) is 0 Å². The summed E-state index contributed by atoms with van der Waals surface area (Å²) in [4.78, 5) is 7.00. The van der Waals surface area contributed by atoms with E-state index in [0.29, 0.717) is 0 Å². The topological polar surface area (TPSA) is 28.2 Å². The summed E-state index contributed by atoms with van der Waals surface area (Å²) < 4.78 is 0. The van der Waals surface area contributed by atoms with Crippen molar-refractivity contribution in [2.24, 2.45) is 0 Å². The van der Waals surface area contributed by atoms with Gasteiger partial charge < -0.3 is 10.2 Å². The first-order chi connectivity index (χ1) is 14.4. The third-order valence-corrected chi connectivity index (χ3v) is 6.22. The van der Waals surface area contributed by atoms with E-state index in [-0.39, 0.29) is 5.41 Å². The summed E-state index contributed by atoms with van der Waals surface area (Å²) in [5.74, 6) is 0. The number of piperidine rings is 1. The highest BCUT2D eigenvalue weighted by Crippen LogP contribution is 2.41. The molecule has 2 aromatic carbocycles. The lowest BCUT2D eigenvalue weighted by Gasteiger charge is -2.43. The van der Waals surface area contributed by atoms with Gasteiger partial charge in [0.2, 0.25) is 0 Å². The number of nitrogens with one attached hydrogen (secondary N) is 1. The molecule has 1 aromatic heterocycles. The smallest absolute Gasteiger partial charge is 0.0541 e. The largest absolute Gasteiger partial charge is 0.311 e. The van der Waals surface area contributed by atoms with Crippen LogP contribution >= 0.6 is 0 Å². The molecule has 3 nitrogen and oxygen atoms in total. The quantitative estimate of drug-likeness (QED) is 0.573. The molecule has 0 atom stereocenters. The lowest BCUT2D eigenvalue weighted by atomic mass is 9.68. The standard InChI is InChI=1S/C26H31N3/c1-3-10-23(11-4-1)26(24-12-5-2-6-13-24)15-20-29(21-16-26)19-9-17-27-22-25-14-7-8-18-28-25/h1-8,10-14,18,27H,9,15-17,19-22H2. The van der Waals surface area contributed by atoms with E-state index < -0.39 is 0 Å². The van der Waals surface area contributed by atoms with Crippen LogP contribution in [0.1, 0.15) is 36.1 Å². The van der Waals surface area contributed by atoms with Crippen LogP contribution in [0, 0.1) is 0 Å². The Hall–Kier alpha value is -2.49. The molecule has 29 heavy (non-hydrogen) atoms. The second-order valence-corrected chi connectivity index (χ2v) is 8.01. The molecule has 1 fully saturated rings. The average Bonchev–Trinajstić information content (AvgIpc) is 2.81. The van der Waals surface area contributed by atoms with Crippen molar-refractivity contribution >= 4 is 0 Å². The predicted octanol–water partition coefficient (Wildman–Crippen LogP) is 4.64. The molecule has 1 saturated heterocycles. The summed E-state index contributed by atoms with van der Waals surface area (Å²) >= 11 is 0. The summed E-state index contributed by atoms with van der Waals surface area (Å²) in [7, 11) is 0. The molecule has 3 heteroatoms. The number of benzene rings is 2. The zero-order chi connectivity index (χ0) is 19.8. The molecule has 0 amide bonds. The number of hydrogen-bond donors (Lipinski definition) is 1. The Morgan fingerprint density at radius 3 is 2.00 bits per heavy atom. The maximum Gasteiger partial charge on any atom is 0.0541 e. The number of nitrogens with zero attached hydrogens (tertiary/aromatic N) is 2. The number of rotatable bonds is 8. The van der Waals surface area contributed by atoms with Gasteiger partial charge in [-0.05, 0) is 68.7 Å². The minimum atomic E-state index is 0.149. The SMILES string of the molecule is c1ccc(C2(c3ccccc3)CCN(CCCNCc3ccccn3)CC2)cc1. The van der Waals surface area contributed by atoms with Crippen LogP contribution in [0.3, 0.4) is 0 Å². The van der Waals surface area contributed by atoms with Crippen molar-refractivity contribution in [3.8, 4) is 0 Å². The molecule has 1 N–H and O–H groups in total. The zero-order valence-electron chi connectivity index (χ0n) is 17.1. The van der Waals surface area contributed by atoms with E-state index in [0.717, 1.165) is 38.4 Å². The van der Waals surface area contributed by atoms with E-state index >= 15 is 0 Å². The van der Waals surface area contributed by atoms with E-state index in [1.165, 1.54) is 30.4 Å². The van der Waals surface area contributed by atoms with Gasteiger partial charge in [0.05, 0.1) is 5.69 Å². The van der Waals surface area contributed by atoms with Gasteiger partial charge in [0.1, 0.15) is 0 Å². The van der Waals surface area contributed by atoms with Crippen molar-refractivity contribution < 1.29 is 0 Å². The first-order valence-corrected chi connectivity index (χ1v) is 10.8. The first kappa shape index (κ1) is 19.8. The number of likely N-dealkylation sites (tertiary alicyclic amines) is 1. The molecular weight excluding hydrogens is 354 g/mol. The Balaban J connectivity index is 1.31. The Kier molecular flexibility index (Phi) is 6.71. The van der Waals surface area contributed by atoms with Crippen molar-refractivity contribution in [2.75, 3.05) is 26.2 Å². The molecule has 2 heterocycles. The van der Waals surface area contributed by atoms with Crippen LogP contribution in [0.15, 0.2) is 85.1 Å². The fourth-order valence-corrected chi connectivity index (χ4v) is 4.56. The highest BCUT2D eigenvalue weighted by molar-refractivity contribution is 5.40. The average molecular weight is 386 g/mol. The maximum absolute atomic E-state index is 4.37. The van der Waals surface area contributed by atoms with Crippen LogP contribution in [0.2, 0.25) is 0 Å². The third kappa shape index (κ3) is 4.92. The van der Waals surface area contributed by atoms with Crippen LogP contribution in [0.5, 0.6) is 0 Å². The maximum atomic E-state index is 4.37. The molecule has 4 rings (SSSR count). The molecule has 0 aliphatic carbocycles. The van der Waals surface area contributed by atoms with Crippen LogP contribution in [0.4, 0.5) is 0 Å². The summed E-state index contributed by atoms with van der Waals surface area (Å²) in [6.07, 6.45) is 5.40. The monoisotopic (exact) mass is 385 g/mol. The van der Waals surface area contributed by atoms with Crippen molar-refractivity contribution in [2.45, 2.75) is 31.2 Å². The van der Waals surface area contributed by atoms with Crippen LogP contribution in [0.25, 0.3) is 0 Å². The lowest BCUT2D eigenvalue weighted by molar-refractivity contribution is 0.177. The van der Waals surface area contributed by atoms with Crippen molar-refractivity contribution in [1.29, 1.82) is 0 Å². The van der Waals surface area contributed by atoms with Crippen molar-refractivity contribution in [1.82, 2.24) is 15.2 Å². The Morgan fingerprint density at radius 1 is 0.793 bits per heavy atom. The third-order valence-electron chi connectivity index (χ3n) is 6.22. The Labute approximate surface area is 174 Å². The summed E-state index contributed by atoms with van der Waals surface area (Å²) in [6, 6.07) is 28.3. The number of aromatic nitrogens is 1. The summed E-state index contributed by atoms with van der Waals surface area (Å²) in [6.45, 7) is 5.37. The number of hydrogen-bond acceptors (Lipinski definition) is 3. The minimum Gasteiger partial charge on any atom is -0.311 e. The van der Waals surface area contributed by atoms with E-state index in [2.05, 4.69) is 81.9 Å². The molecular formula is C26H31N3. The fourth-order valence-electron chi connectivity index (χ4n) is 4.56. The molecule has 150 valence electrons. The zero-order valence-corrected chi connectivity index (χ0v) is 17.1. The lowest BCUT2D eigenvalue weighted by Crippen LogP contribution is -2.44. The molecule has 0 bridgehead atoms. The molecule has 1 aliphatic rings. The molecule has 0 radical (unpaired) electrons. The highest BCUT2D eigenvalue weighted by Gasteiger charge is 2.37. The normalized spacial score (nSPS) is 16.6. The second kappa shape index (κ2) is 9.82. The van der Waals surface area contributed by atoms with Crippen molar-refractivity contribution in [3.05, 3.63) is 102 Å². The Morgan fingerprint density at radius 2 is 1.41 bits per heavy atom. The van der Waals surface area contributed by atoms with Gasteiger partial charge in [0, 0.05) is 18.2 Å². The number of pyridine rings is 1. The van der Waals surface area contributed by atoms with Crippen LogP contribution < -0.4 is 5.32 Å². The van der Waals surface area contributed by atoms with Gasteiger partial charge in [-0.15, -0.1) is 0 Å². The second-order valence-electron chi connectivity index (χ2n) is 8.01. The van der Waals surface area contributed by atoms with Gasteiger partial charge >= 0.3 is 0 Å². The van der Waals surface area contributed by atoms with Gasteiger partial charge in [0.15, 0.2) is 0 Å². The van der Waals surface area contributed by atoms with E-state index in [1.807, 2.05) is 18.3 Å². The van der Waals surface area contributed by atoms with Gasteiger partial charge in [-0.25, -0.2) is 0 Å². The van der Waals surface area contributed by atoms with Gasteiger partial charge in [0.25, 0.3) is 0 Å². The molecule has 0 spiro atoms. The summed E-state index contributed by atoms with van der Waals surface area (Å²) in [5.41, 5.74) is 4.18. The van der Waals surface area contributed by atoms with Gasteiger partial charge in [-0.2, -0.15) is 0 Å². The summed E-state index contributed by atoms with van der Waals surface area (Å²) in [5, 5.41) is 3.52. The van der Waals surface area contributed by atoms with E-state index in [9.17, 15) is 0 Å². The van der Waals surface area contributed by atoms with Crippen LogP contribution in [-0.2, 0) is 12.0 Å². The van der Waals surface area contributed by atoms with Crippen LogP contribution in [-0.4, -0.2) is 36.1 Å². The molecule has 3 aromatic rings.